The van der Waals surface area contributed by atoms with E-state index in [2.05, 4.69) is 39.9 Å². The summed E-state index contributed by atoms with van der Waals surface area (Å²) in [5, 5.41) is 11.1. The third-order valence-electron chi connectivity index (χ3n) is 2.99. The lowest BCUT2D eigenvalue weighted by Crippen LogP contribution is -2.20. The first-order valence-corrected chi connectivity index (χ1v) is 5.84. The molecule has 0 aliphatic carbocycles. The number of hydrogen-bond acceptors (Lipinski definition) is 3. The molecule has 4 nitrogen and oxygen atoms in total. The van der Waals surface area contributed by atoms with Crippen LogP contribution in [0.25, 0.3) is 0 Å². The molecular weight excluding hydrogens is 212 g/mol. The highest BCUT2D eigenvalue weighted by molar-refractivity contribution is 5.21. The van der Waals surface area contributed by atoms with Crippen molar-refractivity contribution >= 4 is 0 Å². The van der Waals surface area contributed by atoms with Crippen molar-refractivity contribution in [2.75, 3.05) is 13.6 Å². The van der Waals surface area contributed by atoms with Crippen molar-refractivity contribution in [2.45, 2.75) is 12.3 Å². The van der Waals surface area contributed by atoms with Crippen LogP contribution in [0.5, 0.6) is 0 Å². The zero-order valence-corrected chi connectivity index (χ0v) is 10.3. The van der Waals surface area contributed by atoms with Gasteiger partial charge in [0.25, 0.3) is 0 Å². The van der Waals surface area contributed by atoms with E-state index in [0.29, 0.717) is 5.92 Å². The van der Waals surface area contributed by atoms with Crippen LogP contribution >= 0.6 is 0 Å². The summed E-state index contributed by atoms with van der Waals surface area (Å²) in [5.74, 6) is 0.457. The van der Waals surface area contributed by atoms with Crippen LogP contribution in [0, 0.1) is 0 Å². The molecule has 2 aromatic rings. The molecule has 0 saturated carbocycles. The van der Waals surface area contributed by atoms with Crippen LogP contribution in [-0.2, 0) is 13.5 Å². The highest BCUT2D eigenvalue weighted by atomic mass is 15.4. The first-order chi connectivity index (χ1) is 8.31. The van der Waals surface area contributed by atoms with Gasteiger partial charge in [-0.3, -0.25) is 4.68 Å². The fraction of sp³-hybridized carbons (Fsp3) is 0.385. The number of nitrogens with one attached hydrogen (secondary N) is 1. The molecule has 90 valence electrons. The Bertz CT molecular complexity index is 449. The van der Waals surface area contributed by atoms with Gasteiger partial charge in [-0.1, -0.05) is 35.5 Å². The van der Waals surface area contributed by atoms with Crippen LogP contribution in [0.1, 0.15) is 17.2 Å². The van der Waals surface area contributed by atoms with E-state index in [1.165, 1.54) is 5.56 Å². The largest absolute Gasteiger partial charge is 0.319 e. The highest BCUT2D eigenvalue weighted by Crippen LogP contribution is 2.19. The second-order valence-corrected chi connectivity index (χ2v) is 4.22. The number of rotatable bonds is 5. The summed E-state index contributed by atoms with van der Waals surface area (Å²) in [6.45, 7) is 0.954. The second-order valence-electron chi connectivity index (χ2n) is 4.22. The maximum Gasteiger partial charge on any atom is 0.0725 e. The fourth-order valence-electron chi connectivity index (χ4n) is 2.03. The number of nitrogens with zero attached hydrogens (tertiary/aromatic N) is 3. The highest BCUT2D eigenvalue weighted by Gasteiger charge is 2.13. The monoisotopic (exact) mass is 230 g/mol. The number of aryl methyl sites for hydroxylation is 1. The van der Waals surface area contributed by atoms with Gasteiger partial charge in [-0.15, -0.1) is 5.10 Å². The maximum atomic E-state index is 3.97. The van der Waals surface area contributed by atoms with Crippen LogP contribution in [0.3, 0.4) is 0 Å². The number of hydrogen-bond donors (Lipinski definition) is 1. The molecule has 1 unspecified atom stereocenters. The van der Waals surface area contributed by atoms with E-state index in [-0.39, 0.29) is 0 Å². The summed E-state index contributed by atoms with van der Waals surface area (Å²) in [6.07, 6.45) is 2.79. The van der Waals surface area contributed by atoms with Crippen LogP contribution in [0.4, 0.5) is 0 Å². The molecule has 1 aromatic carbocycles. The minimum Gasteiger partial charge on any atom is -0.319 e. The minimum absolute atomic E-state index is 0.457. The summed E-state index contributed by atoms with van der Waals surface area (Å²) >= 11 is 0. The van der Waals surface area contributed by atoms with E-state index < -0.39 is 0 Å². The number of likely N-dealkylation sites (N-methyl/N-ethyl adjacent to an activating group) is 1. The first kappa shape index (κ1) is 11.8. The molecule has 0 radical (unpaired) electrons. The number of benzene rings is 1. The molecule has 1 aromatic heterocycles. The summed E-state index contributed by atoms with van der Waals surface area (Å²) in [6, 6.07) is 10.6. The summed E-state index contributed by atoms with van der Waals surface area (Å²) < 4.78 is 1.84. The Kier molecular flexibility index (Phi) is 3.88. The van der Waals surface area contributed by atoms with Crippen molar-refractivity contribution in [1.29, 1.82) is 0 Å². The summed E-state index contributed by atoms with van der Waals surface area (Å²) in [5.41, 5.74) is 2.51. The van der Waals surface area contributed by atoms with Crippen molar-refractivity contribution < 1.29 is 0 Å². The van der Waals surface area contributed by atoms with Gasteiger partial charge >= 0.3 is 0 Å². The lowest BCUT2D eigenvalue weighted by molar-refractivity contribution is 0.587. The Morgan fingerprint density at radius 1 is 1.29 bits per heavy atom. The van der Waals surface area contributed by atoms with E-state index >= 15 is 0 Å². The van der Waals surface area contributed by atoms with Crippen LogP contribution in [-0.4, -0.2) is 28.6 Å². The van der Waals surface area contributed by atoms with Crippen molar-refractivity contribution in [2.24, 2.45) is 7.05 Å². The zero-order valence-electron chi connectivity index (χ0n) is 10.3. The SMILES string of the molecule is CNCC(Cc1cnnn1C)c1ccccc1. The predicted molar refractivity (Wildman–Crippen MR) is 67.8 cm³/mol. The molecule has 0 saturated heterocycles. The molecule has 1 atom stereocenters. The lowest BCUT2D eigenvalue weighted by Gasteiger charge is -2.16. The standard InChI is InChI=1S/C13H18N4/c1-14-9-12(11-6-4-3-5-7-11)8-13-10-15-16-17(13)2/h3-7,10,12,14H,8-9H2,1-2H3. The number of aromatic nitrogens is 3. The Hall–Kier alpha value is -1.68. The molecule has 2 rings (SSSR count). The van der Waals surface area contributed by atoms with Gasteiger partial charge in [0.1, 0.15) is 0 Å². The van der Waals surface area contributed by atoms with Crippen molar-refractivity contribution in [3.8, 4) is 0 Å². The summed E-state index contributed by atoms with van der Waals surface area (Å²) in [7, 11) is 3.92. The Balaban J connectivity index is 2.16. The Morgan fingerprint density at radius 2 is 2.06 bits per heavy atom. The molecule has 1 N–H and O–H groups in total. The van der Waals surface area contributed by atoms with Gasteiger partial charge in [-0.25, -0.2) is 0 Å². The van der Waals surface area contributed by atoms with Crippen molar-refractivity contribution in [3.63, 3.8) is 0 Å². The van der Waals surface area contributed by atoms with Gasteiger partial charge in [0.05, 0.1) is 11.9 Å². The molecule has 0 aliphatic heterocycles. The smallest absolute Gasteiger partial charge is 0.0725 e. The molecule has 0 spiro atoms. The van der Waals surface area contributed by atoms with Crippen LogP contribution in [0.15, 0.2) is 36.5 Å². The van der Waals surface area contributed by atoms with E-state index in [1.54, 1.807) is 0 Å². The molecule has 4 heteroatoms. The normalized spacial score (nSPS) is 12.6. The van der Waals surface area contributed by atoms with Gasteiger partial charge in [-0.05, 0) is 19.0 Å². The van der Waals surface area contributed by atoms with E-state index in [0.717, 1.165) is 18.7 Å². The minimum atomic E-state index is 0.457. The van der Waals surface area contributed by atoms with Gasteiger partial charge < -0.3 is 5.32 Å². The molecule has 0 bridgehead atoms. The summed E-state index contributed by atoms with van der Waals surface area (Å²) in [4.78, 5) is 0. The third kappa shape index (κ3) is 2.91. The zero-order chi connectivity index (χ0) is 12.1. The van der Waals surface area contributed by atoms with Gasteiger partial charge in [-0.2, -0.15) is 0 Å². The molecule has 1 heterocycles. The molecule has 0 amide bonds. The lowest BCUT2D eigenvalue weighted by atomic mass is 9.94. The molecule has 0 aliphatic rings. The fourth-order valence-corrected chi connectivity index (χ4v) is 2.03. The molecule has 17 heavy (non-hydrogen) atoms. The predicted octanol–water partition coefficient (Wildman–Crippen LogP) is 1.36. The van der Waals surface area contributed by atoms with Gasteiger partial charge in [0.2, 0.25) is 0 Å². The van der Waals surface area contributed by atoms with E-state index in [1.807, 2.05) is 31.0 Å². The Morgan fingerprint density at radius 3 is 2.65 bits per heavy atom. The first-order valence-electron chi connectivity index (χ1n) is 5.84. The van der Waals surface area contributed by atoms with E-state index in [9.17, 15) is 0 Å². The van der Waals surface area contributed by atoms with Crippen molar-refractivity contribution in [1.82, 2.24) is 20.3 Å². The topological polar surface area (TPSA) is 42.7 Å². The van der Waals surface area contributed by atoms with Crippen LogP contribution in [0.2, 0.25) is 0 Å². The Labute approximate surface area is 102 Å². The quantitative estimate of drug-likeness (QED) is 0.843. The van der Waals surface area contributed by atoms with E-state index in [4.69, 9.17) is 0 Å². The average molecular weight is 230 g/mol. The molecular formula is C13H18N4. The van der Waals surface area contributed by atoms with Gasteiger partial charge in [0, 0.05) is 19.5 Å². The molecule has 0 fully saturated rings. The van der Waals surface area contributed by atoms with Gasteiger partial charge in [0.15, 0.2) is 0 Å². The maximum absolute atomic E-state index is 3.97. The van der Waals surface area contributed by atoms with Crippen LogP contribution < -0.4 is 5.32 Å². The van der Waals surface area contributed by atoms with Crippen molar-refractivity contribution in [3.05, 3.63) is 47.8 Å². The average Bonchev–Trinajstić information content (AvgIpc) is 2.76. The second kappa shape index (κ2) is 5.59. The third-order valence-corrected chi connectivity index (χ3v) is 2.99.